The van der Waals surface area contributed by atoms with Gasteiger partial charge in [-0.1, -0.05) is 31.0 Å². The molecule has 2 amide bonds. The average Bonchev–Trinajstić information content (AvgIpc) is 3.18. The van der Waals surface area contributed by atoms with Crippen molar-refractivity contribution in [1.82, 2.24) is 15.1 Å². The normalized spacial score (nSPS) is 16.9. The zero-order valence-electron chi connectivity index (χ0n) is 16.4. The fourth-order valence-corrected chi connectivity index (χ4v) is 3.75. The van der Waals surface area contributed by atoms with E-state index in [2.05, 4.69) is 15.5 Å². The summed E-state index contributed by atoms with van der Waals surface area (Å²) < 4.78 is 10.5. The molecule has 1 unspecified atom stereocenters. The number of nitrogens with zero attached hydrogens (tertiary/aromatic N) is 3. The van der Waals surface area contributed by atoms with Gasteiger partial charge in [0.2, 0.25) is 12.3 Å². The van der Waals surface area contributed by atoms with Crippen molar-refractivity contribution in [3.8, 4) is 17.2 Å². The van der Waals surface area contributed by atoms with Crippen LogP contribution in [0.4, 0.5) is 10.5 Å². The standard InChI is InChI=1S/C22H24N4O3/c1-28-19-11-9-16(10-12-19)20-8-3-2-4-13-26(20)22(27)24-18-7-5-6-17(14-18)21-25-23-15-29-21/h5-7,9-12,14-15,20H,2-4,8,13H2,1H3,(H,24,27). The Morgan fingerprint density at radius 2 is 2.03 bits per heavy atom. The second kappa shape index (κ2) is 8.77. The van der Waals surface area contributed by atoms with Crippen LogP contribution in [0.15, 0.2) is 59.3 Å². The summed E-state index contributed by atoms with van der Waals surface area (Å²) in [4.78, 5) is 15.1. The van der Waals surface area contributed by atoms with E-state index in [1.165, 1.54) is 6.39 Å². The molecule has 4 rings (SSSR count). The van der Waals surface area contributed by atoms with Gasteiger partial charge < -0.3 is 19.4 Å². The molecule has 1 aliphatic heterocycles. The maximum Gasteiger partial charge on any atom is 0.322 e. The number of benzene rings is 2. The SMILES string of the molecule is COc1ccc(C2CCCCCN2C(=O)Nc2cccc(-c3nnco3)c2)cc1. The van der Waals surface area contributed by atoms with Gasteiger partial charge in [-0.25, -0.2) is 4.79 Å². The average molecular weight is 392 g/mol. The molecule has 1 atom stereocenters. The van der Waals surface area contributed by atoms with Crippen molar-refractivity contribution >= 4 is 11.7 Å². The number of anilines is 1. The zero-order chi connectivity index (χ0) is 20.1. The molecule has 1 aromatic heterocycles. The molecular formula is C22H24N4O3. The molecule has 1 N–H and O–H groups in total. The summed E-state index contributed by atoms with van der Waals surface area (Å²) in [5.41, 5.74) is 2.59. The van der Waals surface area contributed by atoms with Gasteiger partial charge in [0.25, 0.3) is 0 Å². The van der Waals surface area contributed by atoms with E-state index >= 15 is 0 Å². The van der Waals surface area contributed by atoms with Crippen molar-refractivity contribution in [2.24, 2.45) is 0 Å². The highest BCUT2D eigenvalue weighted by Gasteiger charge is 2.27. The molecule has 7 nitrogen and oxygen atoms in total. The molecule has 3 aromatic rings. The summed E-state index contributed by atoms with van der Waals surface area (Å²) in [6.07, 6.45) is 5.47. The van der Waals surface area contributed by atoms with E-state index in [0.29, 0.717) is 11.6 Å². The summed E-state index contributed by atoms with van der Waals surface area (Å²) in [5.74, 6) is 1.24. The Morgan fingerprint density at radius 3 is 2.79 bits per heavy atom. The lowest BCUT2D eigenvalue weighted by atomic mass is 10.0. The number of carbonyl (C=O) groups is 1. The molecule has 0 radical (unpaired) electrons. The van der Waals surface area contributed by atoms with Crippen molar-refractivity contribution in [3.63, 3.8) is 0 Å². The molecule has 29 heavy (non-hydrogen) atoms. The van der Waals surface area contributed by atoms with E-state index in [0.717, 1.165) is 49.1 Å². The van der Waals surface area contributed by atoms with Gasteiger partial charge in [0, 0.05) is 17.8 Å². The lowest BCUT2D eigenvalue weighted by molar-refractivity contribution is 0.189. The highest BCUT2D eigenvalue weighted by Crippen LogP contribution is 2.32. The Kier molecular flexibility index (Phi) is 5.74. The van der Waals surface area contributed by atoms with Gasteiger partial charge in [0.05, 0.1) is 13.2 Å². The molecule has 0 aliphatic carbocycles. The van der Waals surface area contributed by atoms with E-state index in [1.807, 2.05) is 53.4 Å². The first-order chi connectivity index (χ1) is 14.2. The molecule has 1 aliphatic rings. The third kappa shape index (κ3) is 4.39. The number of likely N-dealkylation sites (tertiary alicyclic amines) is 1. The molecule has 7 heteroatoms. The van der Waals surface area contributed by atoms with Gasteiger partial charge in [-0.2, -0.15) is 0 Å². The number of hydrogen-bond donors (Lipinski definition) is 1. The van der Waals surface area contributed by atoms with E-state index in [4.69, 9.17) is 9.15 Å². The van der Waals surface area contributed by atoms with Crippen LogP contribution in [0.5, 0.6) is 5.75 Å². The summed E-state index contributed by atoms with van der Waals surface area (Å²) in [5, 5.41) is 10.7. The van der Waals surface area contributed by atoms with Crippen LogP contribution in [0.2, 0.25) is 0 Å². The predicted octanol–water partition coefficient (Wildman–Crippen LogP) is 4.89. The van der Waals surface area contributed by atoms with E-state index in [1.54, 1.807) is 7.11 Å². The minimum absolute atomic E-state index is 0.0440. The minimum Gasteiger partial charge on any atom is -0.497 e. The highest BCUT2D eigenvalue weighted by atomic mass is 16.5. The van der Waals surface area contributed by atoms with Gasteiger partial charge >= 0.3 is 6.03 Å². The third-order valence-corrected chi connectivity index (χ3v) is 5.24. The maximum atomic E-state index is 13.2. The van der Waals surface area contributed by atoms with Crippen LogP contribution in [0.3, 0.4) is 0 Å². The number of carbonyl (C=O) groups excluding carboxylic acids is 1. The van der Waals surface area contributed by atoms with Crippen LogP contribution in [0.25, 0.3) is 11.5 Å². The van der Waals surface area contributed by atoms with Gasteiger partial charge in [-0.15, -0.1) is 10.2 Å². The topological polar surface area (TPSA) is 80.5 Å². The van der Waals surface area contributed by atoms with Crippen LogP contribution in [0, 0.1) is 0 Å². The lowest BCUT2D eigenvalue weighted by Crippen LogP contribution is -2.38. The van der Waals surface area contributed by atoms with Crippen LogP contribution in [0.1, 0.15) is 37.3 Å². The van der Waals surface area contributed by atoms with E-state index in [-0.39, 0.29) is 12.1 Å². The first kappa shape index (κ1) is 19.0. The Balaban J connectivity index is 1.54. The Bertz CT molecular complexity index is 941. The highest BCUT2D eigenvalue weighted by molar-refractivity contribution is 5.90. The molecule has 0 bridgehead atoms. The molecule has 2 aromatic carbocycles. The number of aromatic nitrogens is 2. The molecule has 2 heterocycles. The fourth-order valence-electron chi connectivity index (χ4n) is 3.75. The van der Waals surface area contributed by atoms with Gasteiger partial charge in [0.1, 0.15) is 5.75 Å². The number of nitrogens with one attached hydrogen (secondary N) is 1. The fraction of sp³-hybridized carbons (Fsp3) is 0.318. The van der Waals surface area contributed by atoms with Crippen molar-refractivity contribution in [2.45, 2.75) is 31.7 Å². The first-order valence-corrected chi connectivity index (χ1v) is 9.83. The van der Waals surface area contributed by atoms with Crippen LogP contribution >= 0.6 is 0 Å². The summed E-state index contributed by atoms with van der Waals surface area (Å²) in [6.45, 7) is 0.728. The first-order valence-electron chi connectivity index (χ1n) is 9.83. The van der Waals surface area contributed by atoms with Crippen molar-refractivity contribution in [3.05, 3.63) is 60.5 Å². The lowest BCUT2D eigenvalue weighted by Gasteiger charge is -2.30. The second-order valence-electron chi connectivity index (χ2n) is 7.09. The number of methoxy groups -OCH3 is 1. The smallest absolute Gasteiger partial charge is 0.322 e. The van der Waals surface area contributed by atoms with Crippen molar-refractivity contribution in [1.29, 1.82) is 0 Å². The predicted molar refractivity (Wildman–Crippen MR) is 110 cm³/mol. The third-order valence-electron chi connectivity index (χ3n) is 5.24. The van der Waals surface area contributed by atoms with Crippen LogP contribution in [-0.2, 0) is 0 Å². The number of rotatable bonds is 4. The molecular weight excluding hydrogens is 368 g/mol. The van der Waals surface area contributed by atoms with Gasteiger partial charge in [0.15, 0.2) is 0 Å². The maximum absolute atomic E-state index is 13.2. The van der Waals surface area contributed by atoms with Gasteiger partial charge in [-0.3, -0.25) is 0 Å². The summed E-state index contributed by atoms with van der Waals surface area (Å²) in [6, 6.07) is 15.4. The van der Waals surface area contributed by atoms with Gasteiger partial charge in [-0.05, 0) is 48.7 Å². The molecule has 1 fully saturated rings. The molecule has 0 saturated carbocycles. The van der Waals surface area contributed by atoms with Crippen molar-refractivity contribution in [2.75, 3.05) is 19.0 Å². The Hall–Kier alpha value is -3.35. The summed E-state index contributed by atoms with van der Waals surface area (Å²) in [7, 11) is 1.66. The molecule has 0 spiro atoms. The van der Waals surface area contributed by atoms with Crippen LogP contribution in [-0.4, -0.2) is 34.8 Å². The number of urea groups is 1. The molecule has 150 valence electrons. The number of ether oxygens (including phenoxy) is 1. The van der Waals surface area contributed by atoms with E-state index in [9.17, 15) is 4.79 Å². The number of amides is 2. The van der Waals surface area contributed by atoms with Crippen molar-refractivity contribution < 1.29 is 13.9 Å². The molecule has 1 saturated heterocycles. The quantitative estimate of drug-likeness (QED) is 0.683. The Morgan fingerprint density at radius 1 is 1.17 bits per heavy atom. The van der Waals surface area contributed by atoms with E-state index < -0.39 is 0 Å². The minimum atomic E-state index is -0.101. The Labute approximate surface area is 169 Å². The second-order valence-corrected chi connectivity index (χ2v) is 7.09. The monoisotopic (exact) mass is 392 g/mol. The zero-order valence-corrected chi connectivity index (χ0v) is 16.4. The number of hydrogen-bond acceptors (Lipinski definition) is 5. The van der Waals surface area contributed by atoms with Crippen LogP contribution < -0.4 is 10.1 Å². The summed E-state index contributed by atoms with van der Waals surface area (Å²) >= 11 is 0. The largest absolute Gasteiger partial charge is 0.497 e.